The van der Waals surface area contributed by atoms with Crippen LogP contribution in [0.25, 0.3) is 0 Å². The predicted molar refractivity (Wildman–Crippen MR) is 119 cm³/mol. The van der Waals surface area contributed by atoms with E-state index in [4.69, 9.17) is 11.6 Å². The summed E-state index contributed by atoms with van der Waals surface area (Å²) < 4.78 is 0. The number of benzene rings is 3. The number of rotatable bonds is 2. The van der Waals surface area contributed by atoms with Crippen LogP contribution in [0.5, 0.6) is 0 Å². The summed E-state index contributed by atoms with van der Waals surface area (Å²) in [5.41, 5.74) is 4.14. The summed E-state index contributed by atoms with van der Waals surface area (Å²) in [6, 6.07) is 26.4. The number of nitrogens with zero attached hydrogens (tertiary/aromatic N) is 2. The molecule has 0 bridgehead atoms. The fourth-order valence-corrected chi connectivity index (χ4v) is 5.63. The highest BCUT2D eigenvalue weighted by Gasteiger charge is 2.30. The second kappa shape index (κ2) is 7.82. The molecular weight excluding hydrogens is 384 g/mol. The van der Waals surface area contributed by atoms with Gasteiger partial charge in [0.15, 0.2) is 0 Å². The molecule has 0 aromatic heterocycles. The van der Waals surface area contributed by atoms with Crippen LogP contribution in [0.3, 0.4) is 0 Å². The Bertz CT molecular complexity index is 967. The van der Waals surface area contributed by atoms with Gasteiger partial charge in [0.05, 0.1) is 0 Å². The van der Waals surface area contributed by atoms with Crippen molar-refractivity contribution in [1.29, 1.82) is 0 Å². The molecule has 0 spiro atoms. The number of piperazine rings is 1. The van der Waals surface area contributed by atoms with Crippen molar-refractivity contribution in [2.24, 2.45) is 0 Å². The van der Waals surface area contributed by atoms with Crippen LogP contribution in [-0.4, -0.2) is 31.1 Å². The Kier molecular flexibility index (Phi) is 5.06. The molecule has 5 rings (SSSR count). The molecule has 3 aromatic rings. The number of hydrogen-bond donors (Lipinski definition) is 0. The minimum Gasteiger partial charge on any atom is -0.369 e. The lowest BCUT2D eigenvalue weighted by Gasteiger charge is -2.40. The highest BCUT2D eigenvalue weighted by atomic mass is 35.5. The normalized spacial score (nSPS) is 19.6. The van der Waals surface area contributed by atoms with Gasteiger partial charge in [-0.25, -0.2) is 0 Å². The maximum atomic E-state index is 6.41. The van der Waals surface area contributed by atoms with Gasteiger partial charge >= 0.3 is 0 Å². The van der Waals surface area contributed by atoms with Crippen LogP contribution >= 0.6 is 23.4 Å². The lowest BCUT2D eigenvalue weighted by molar-refractivity contribution is 0.182. The maximum absolute atomic E-state index is 6.41. The van der Waals surface area contributed by atoms with Crippen molar-refractivity contribution < 1.29 is 0 Å². The first-order valence-electron chi connectivity index (χ1n) is 9.87. The molecular formula is C24H23ClN2S. The first-order chi connectivity index (χ1) is 13.8. The Hall–Kier alpha value is -1.94. The van der Waals surface area contributed by atoms with Crippen LogP contribution in [0, 0.1) is 0 Å². The number of fused-ring (bicyclic) bond motifs is 2. The zero-order valence-corrected chi connectivity index (χ0v) is 17.3. The van der Waals surface area contributed by atoms with E-state index in [1.54, 1.807) is 0 Å². The lowest BCUT2D eigenvalue weighted by atomic mass is 9.96. The largest absolute Gasteiger partial charge is 0.369 e. The monoisotopic (exact) mass is 406 g/mol. The van der Waals surface area contributed by atoms with Crippen molar-refractivity contribution in [1.82, 2.24) is 4.90 Å². The summed E-state index contributed by atoms with van der Waals surface area (Å²) in [7, 11) is 0. The lowest BCUT2D eigenvalue weighted by Crippen LogP contribution is -2.48. The van der Waals surface area contributed by atoms with Crippen molar-refractivity contribution >= 4 is 29.1 Å². The highest BCUT2D eigenvalue weighted by molar-refractivity contribution is 7.99. The molecule has 2 aliphatic rings. The SMILES string of the molecule is Clc1ccc2c(c1)C(N1CCN(c3ccccc3)CC1)Cc1ccccc1S2. The molecule has 4 heteroatoms. The summed E-state index contributed by atoms with van der Waals surface area (Å²) in [6.45, 7) is 4.26. The molecule has 28 heavy (non-hydrogen) atoms. The van der Waals surface area contributed by atoms with E-state index in [2.05, 4.69) is 76.5 Å². The standard InChI is InChI=1S/C24H23ClN2S/c25-19-10-11-24-21(17-19)22(16-18-6-4-5-9-23(18)28-24)27-14-12-26(13-15-27)20-7-2-1-3-8-20/h1-11,17,22H,12-16H2. The number of anilines is 1. The van der Waals surface area contributed by atoms with E-state index in [1.165, 1.54) is 26.6 Å². The van der Waals surface area contributed by atoms with Gasteiger partial charge in [0.2, 0.25) is 0 Å². The third-order valence-electron chi connectivity index (χ3n) is 5.81. The van der Waals surface area contributed by atoms with Crippen molar-refractivity contribution in [2.75, 3.05) is 31.1 Å². The third kappa shape index (κ3) is 3.55. The molecule has 0 saturated carbocycles. The van der Waals surface area contributed by atoms with Gasteiger partial charge in [-0.15, -0.1) is 0 Å². The molecule has 1 atom stereocenters. The highest BCUT2D eigenvalue weighted by Crippen LogP contribution is 2.43. The Morgan fingerprint density at radius 3 is 2.36 bits per heavy atom. The van der Waals surface area contributed by atoms with Gasteiger partial charge in [-0.3, -0.25) is 4.90 Å². The maximum Gasteiger partial charge on any atom is 0.0410 e. The summed E-state index contributed by atoms with van der Waals surface area (Å²) >= 11 is 8.29. The summed E-state index contributed by atoms with van der Waals surface area (Å²) in [6.07, 6.45) is 1.04. The van der Waals surface area contributed by atoms with Gasteiger partial charge in [0.25, 0.3) is 0 Å². The molecule has 1 saturated heterocycles. The van der Waals surface area contributed by atoms with Crippen LogP contribution in [0.2, 0.25) is 5.02 Å². The van der Waals surface area contributed by atoms with Gasteiger partial charge in [-0.2, -0.15) is 0 Å². The topological polar surface area (TPSA) is 6.48 Å². The molecule has 0 aliphatic carbocycles. The van der Waals surface area contributed by atoms with Crippen molar-refractivity contribution in [3.05, 3.63) is 88.9 Å². The van der Waals surface area contributed by atoms with Crippen LogP contribution in [-0.2, 0) is 6.42 Å². The number of para-hydroxylation sites is 1. The molecule has 142 valence electrons. The van der Waals surface area contributed by atoms with Crippen LogP contribution in [0.4, 0.5) is 5.69 Å². The number of hydrogen-bond acceptors (Lipinski definition) is 3. The molecule has 0 N–H and O–H groups in total. The van der Waals surface area contributed by atoms with Crippen LogP contribution in [0.1, 0.15) is 17.2 Å². The van der Waals surface area contributed by atoms with E-state index < -0.39 is 0 Å². The predicted octanol–water partition coefficient (Wildman–Crippen LogP) is 5.91. The summed E-state index contributed by atoms with van der Waals surface area (Å²) in [5, 5.41) is 0.832. The average molecular weight is 407 g/mol. The van der Waals surface area contributed by atoms with Crippen molar-refractivity contribution in [2.45, 2.75) is 22.3 Å². The average Bonchev–Trinajstić information content (AvgIpc) is 2.91. The van der Waals surface area contributed by atoms with E-state index in [-0.39, 0.29) is 0 Å². The second-order valence-corrected chi connectivity index (χ2v) is 8.99. The molecule has 2 heterocycles. The Morgan fingerprint density at radius 1 is 0.786 bits per heavy atom. The summed E-state index contributed by atoms with van der Waals surface area (Å²) in [5.74, 6) is 0. The number of halogens is 1. The van der Waals surface area contributed by atoms with E-state index >= 15 is 0 Å². The molecule has 3 aromatic carbocycles. The minimum absolute atomic E-state index is 0.378. The Balaban J connectivity index is 1.43. The zero-order chi connectivity index (χ0) is 18.9. The molecule has 1 unspecified atom stereocenters. The Labute approximate surface area is 176 Å². The minimum atomic E-state index is 0.378. The Morgan fingerprint density at radius 2 is 1.54 bits per heavy atom. The van der Waals surface area contributed by atoms with Gasteiger partial charge in [0, 0.05) is 52.7 Å². The van der Waals surface area contributed by atoms with E-state index in [1.807, 2.05) is 17.8 Å². The van der Waals surface area contributed by atoms with E-state index in [0.717, 1.165) is 37.6 Å². The van der Waals surface area contributed by atoms with Crippen molar-refractivity contribution in [3.8, 4) is 0 Å². The molecule has 0 radical (unpaired) electrons. The zero-order valence-electron chi connectivity index (χ0n) is 15.7. The molecule has 2 aliphatic heterocycles. The van der Waals surface area contributed by atoms with Gasteiger partial charge < -0.3 is 4.90 Å². The van der Waals surface area contributed by atoms with Gasteiger partial charge in [-0.1, -0.05) is 59.8 Å². The third-order valence-corrected chi connectivity index (χ3v) is 7.26. The smallest absolute Gasteiger partial charge is 0.0410 e. The molecule has 1 fully saturated rings. The van der Waals surface area contributed by atoms with Crippen molar-refractivity contribution in [3.63, 3.8) is 0 Å². The molecule has 0 amide bonds. The quantitative estimate of drug-likeness (QED) is 0.522. The second-order valence-electron chi connectivity index (χ2n) is 7.47. The van der Waals surface area contributed by atoms with Crippen LogP contribution in [0.15, 0.2) is 82.6 Å². The molecule has 2 nitrogen and oxygen atoms in total. The van der Waals surface area contributed by atoms with Gasteiger partial charge in [-0.05, 0) is 53.9 Å². The first-order valence-corrected chi connectivity index (χ1v) is 11.1. The fourth-order valence-electron chi connectivity index (χ4n) is 4.34. The van der Waals surface area contributed by atoms with E-state index in [9.17, 15) is 0 Å². The fraction of sp³-hybridized carbons (Fsp3) is 0.250. The first kappa shape index (κ1) is 18.1. The summed E-state index contributed by atoms with van der Waals surface area (Å²) in [4.78, 5) is 7.85. The van der Waals surface area contributed by atoms with Gasteiger partial charge in [0.1, 0.15) is 0 Å². The van der Waals surface area contributed by atoms with E-state index in [0.29, 0.717) is 6.04 Å². The van der Waals surface area contributed by atoms with Crippen LogP contribution < -0.4 is 4.90 Å².